The van der Waals surface area contributed by atoms with Crippen molar-refractivity contribution in [2.45, 2.75) is 132 Å². The Morgan fingerprint density at radius 3 is 1.36 bits per heavy atom. The maximum absolute atomic E-state index is 15.7. The highest BCUT2D eigenvalue weighted by Gasteiger charge is 2.65. The Morgan fingerprint density at radius 1 is 0.553 bits per heavy atom. The van der Waals surface area contributed by atoms with Gasteiger partial charge in [0.1, 0.15) is 65.5 Å². The van der Waals surface area contributed by atoms with E-state index in [1.807, 2.05) is 25.7 Å². The molecule has 0 aliphatic carbocycles. The lowest BCUT2D eigenvalue weighted by molar-refractivity contribution is -0.183. The number of nitrogen functional groups attached to an aromatic ring is 1. The zero-order valence-electron chi connectivity index (χ0n) is 57.1. The van der Waals surface area contributed by atoms with E-state index in [1.54, 1.807) is 66.9 Å². The Balaban J connectivity index is 0.000000204. The van der Waals surface area contributed by atoms with Gasteiger partial charge < -0.3 is 63.5 Å². The number of carbonyl (C=O) groups excluding carboxylic acids is 4. The molecule has 0 amide bonds. The predicted molar refractivity (Wildman–Crippen MR) is 366 cm³/mol. The van der Waals surface area contributed by atoms with Gasteiger partial charge in [0.05, 0.1) is 35.1 Å². The number of nitrogens with zero attached hydrogens (tertiary/aromatic N) is 6. The number of ether oxygens (including phenoxy) is 7. The molecule has 10 rings (SSSR count). The topological polar surface area (TPSA) is 372 Å². The molecular weight excluding hydrogens is 1440 g/mol. The molecule has 6 heterocycles. The molecule has 556 valence electrons. The van der Waals surface area contributed by atoms with Crippen LogP contribution in [0.15, 0.2) is 168 Å². The van der Waals surface area contributed by atoms with E-state index in [-0.39, 0.29) is 33.9 Å². The molecule has 3 aliphatic rings. The molecule has 28 nitrogen and oxygen atoms in total. The second kappa shape index (κ2) is 33.9. The minimum absolute atomic E-state index is 0.00851. The molecule has 0 saturated carbocycles. The molecule has 3 fully saturated rings. The summed E-state index contributed by atoms with van der Waals surface area (Å²) in [4.78, 5) is 95.9. The summed E-state index contributed by atoms with van der Waals surface area (Å²) in [7, 11) is -9.19. The SMILES string of the molecule is CS(=O)(=O)OC1O[C@H](COC(=O)c2ccccc2)[C@@H](OC(=O)c2ccccc2)C1(F)F.C[Si](C)(C)Nc1ccn(C2O[C@H](COC(=O)c3ccccc3)[C@@H](OC(=O)c3ccccc3)C2(F)F)c(=O)n1.C[Si](C)(C)Nc1ccnc(O[Si](C)(C)C)n1.Nc1ccn(C2O[C@H](CO)[C@H](O)C2(F)F)c(=O)n1. The van der Waals surface area contributed by atoms with Crippen molar-refractivity contribution in [3.8, 4) is 6.01 Å². The summed E-state index contributed by atoms with van der Waals surface area (Å²) >= 11 is 0. The quantitative estimate of drug-likeness (QED) is 0.0149. The largest absolute Gasteiger partial charge is 0.518 e. The van der Waals surface area contributed by atoms with E-state index in [2.05, 4.69) is 73.4 Å². The van der Waals surface area contributed by atoms with Crippen molar-refractivity contribution in [1.29, 1.82) is 0 Å². The first-order valence-electron chi connectivity index (χ1n) is 31.3. The molecule has 3 saturated heterocycles. The van der Waals surface area contributed by atoms with E-state index in [0.29, 0.717) is 21.4 Å². The van der Waals surface area contributed by atoms with E-state index in [1.165, 1.54) is 66.7 Å². The molecule has 7 aromatic rings. The maximum Gasteiger partial charge on any atom is 0.351 e. The summed E-state index contributed by atoms with van der Waals surface area (Å²) in [5.74, 6) is -14.3. The number of nitrogens with one attached hydrogen (secondary N) is 2. The minimum atomic E-state index is -4.33. The van der Waals surface area contributed by atoms with Gasteiger partial charge in [-0.1, -0.05) is 112 Å². The van der Waals surface area contributed by atoms with Crippen LogP contribution in [0.2, 0.25) is 58.9 Å². The number of esters is 4. The van der Waals surface area contributed by atoms with Crippen LogP contribution in [0.3, 0.4) is 0 Å². The van der Waals surface area contributed by atoms with Gasteiger partial charge in [-0.25, -0.2) is 37.9 Å². The first kappa shape index (κ1) is 81.0. The molecule has 0 bridgehead atoms. The number of nitrogens with two attached hydrogens (primary N) is 1. The number of rotatable bonds is 21. The van der Waals surface area contributed by atoms with Crippen molar-refractivity contribution in [3.63, 3.8) is 0 Å². The average molecular weight is 1520 g/mol. The normalized spacial score (nSPS) is 21.6. The average Bonchev–Trinajstić information content (AvgIpc) is 1.63. The second-order valence-electron chi connectivity index (χ2n) is 26.1. The van der Waals surface area contributed by atoms with Gasteiger partial charge in [-0.15, -0.1) is 0 Å². The standard InChI is InChI=1S/C26H27F2N3O6Si.C20H18F2O8S.C10H21N3OSi2.C9H11F2N3O4/c1-38(2,3)30-20-14-15-31(25(34)29-20)24-26(27,28)21(37-23(33)18-12-8-5-9-13-18)19(36-24)16-35-22(32)17-10-6-4-7-11-17;1-31(25,26)30-19-20(21,22)16(29-18(24)14-10-6-3-7-11-14)15(28-19)12-27-17(23)13-8-4-2-5-9-13;1-15(2,3)13-9-7-8-11-10(12-9)14-16(4,5)6;10-9(11)6(16)4(3-15)18-7(9)14-2-1-5(12)13-8(14)17/h4-15,19,21,24H,16H2,1-3H3,(H,29,30,34);2-11,15-16,19H,12H2,1H3;7-8H,1-6H3,(H,11,12,13);1-2,4,6-7,15-16H,3H2,(H2,12,13,17)/t19-,21-,24?;15-,16-,19?;;4-,6+,7?/m11.1/s1. The third-order valence-electron chi connectivity index (χ3n) is 14.0. The molecule has 3 aromatic heterocycles. The van der Waals surface area contributed by atoms with Gasteiger partial charge in [0.25, 0.3) is 10.1 Å². The summed E-state index contributed by atoms with van der Waals surface area (Å²) in [6.45, 7) is 16.8. The van der Waals surface area contributed by atoms with E-state index in [9.17, 15) is 59.9 Å². The molecule has 0 spiro atoms. The molecule has 4 aromatic carbocycles. The van der Waals surface area contributed by atoms with Crippen molar-refractivity contribution in [1.82, 2.24) is 29.1 Å². The molecule has 103 heavy (non-hydrogen) atoms. The van der Waals surface area contributed by atoms with Gasteiger partial charge in [0, 0.05) is 18.6 Å². The summed E-state index contributed by atoms with van der Waals surface area (Å²) in [5.41, 5.74) is 3.64. The molecule has 0 radical (unpaired) electrons. The van der Waals surface area contributed by atoms with E-state index >= 15 is 8.78 Å². The second-order valence-corrected chi connectivity index (χ2v) is 41.6. The number of alkyl halides is 6. The molecular formula is C65H77F6N9O19SSi3. The van der Waals surface area contributed by atoms with Crippen LogP contribution in [0, 0.1) is 0 Å². The fourth-order valence-electron chi connectivity index (χ4n) is 9.51. The third kappa shape index (κ3) is 22.9. The predicted octanol–water partition coefficient (Wildman–Crippen LogP) is 8.16. The van der Waals surface area contributed by atoms with Gasteiger partial charge in [0.15, 0.2) is 12.2 Å². The van der Waals surface area contributed by atoms with Gasteiger partial charge in [0.2, 0.25) is 33.2 Å². The highest BCUT2D eigenvalue weighted by Crippen LogP contribution is 2.45. The lowest BCUT2D eigenvalue weighted by Gasteiger charge is -2.24. The molecule has 9 atom stereocenters. The van der Waals surface area contributed by atoms with E-state index in [0.717, 1.165) is 24.3 Å². The fourth-order valence-corrected chi connectivity index (χ4v) is 12.5. The van der Waals surface area contributed by atoms with Crippen molar-refractivity contribution < 1.29 is 106 Å². The lowest BCUT2D eigenvalue weighted by Crippen LogP contribution is -2.45. The molecule has 3 unspecified atom stereocenters. The highest BCUT2D eigenvalue weighted by molar-refractivity contribution is 7.86. The number of benzene rings is 4. The first-order chi connectivity index (χ1) is 48.1. The third-order valence-corrected chi connectivity index (χ3v) is 17.3. The zero-order chi connectivity index (χ0) is 76.0. The molecule has 38 heteroatoms. The van der Waals surface area contributed by atoms with Crippen LogP contribution >= 0.6 is 0 Å². The van der Waals surface area contributed by atoms with Crippen molar-refractivity contribution in [2.75, 3.05) is 41.8 Å². The number of hydrogen-bond acceptors (Lipinski definition) is 26. The maximum atomic E-state index is 15.7. The monoisotopic (exact) mass is 1520 g/mol. The smallest absolute Gasteiger partial charge is 0.351 e. The van der Waals surface area contributed by atoms with Crippen LogP contribution in [-0.2, 0) is 47.5 Å². The Morgan fingerprint density at radius 2 is 0.951 bits per heavy atom. The van der Waals surface area contributed by atoms with Crippen molar-refractivity contribution >= 4 is 76.2 Å². The number of aliphatic hydroxyl groups is 2. The number of hydrogen-bond donors (Lipinski definition) is 5. The highest BCUT2D eigenvalue weighted by atomic mass is 32.2. The number of halogens is 6. The van der Waals surface area contributed by atoms with Gasteiger partial charge in [-0.2, -0.15) is 49.7 Å². The van der Waals surface area contributed by atoms with Gasteiger partial charge in [-0.05, 0) is 86.4 Å². The zero-order valence-corrected chi connectivity index (χ0v) is 60.9. The van der Waals surface area contributed by atoms with Crippen LogP contribution < -0.4 is 31.5 Å². The van der Waals surface area contributed by atoms with Crippen LogP contribution in [0.5, 0.6) is 6.01 Å². The molecule has 3 aliphatic heterocycles. The Kier molecular flexibility index (Phi) is 26.7. The number of carbonyl (C=O) groups is 4. The number of aromatic nitrogens is 6. The van der Waals surface area contributed by atoms with Crippen LogP contribution in [-0.4, -0.2) is 183 Å². The first-order valence-corrected chi connectivity index (χ1v) is 43.5. The van der Waals surface area contributed by atoms with Crippen LogP contribution in [0.1, 0.15) is 53.9 Å². The fraction of sp³-hybridized carbons (Fsp3) is 0.385. The summed E-state index contributed by atoms with van der Waals surface area (Å²) in [6.07, 6.45) is -13.6. The Hall–Kier alpha value is -9.26. The van der Waals surface area contributed by atoms with E-state index in [4.69, 9.17) is 48.4 Å². The van der Waals surface area contributed by atoms with Gasteiger partial charge in [-0.3, -0.25) is 9.13 Å². The van der Waals surface area contributed by atoms with Crippen LogP contribution in [0.25, 0.3) is 0 Å². The lowest BCUT2D eigenvalue weighted by atomic mass is 10.1. The minimum Gasteiger partial charge on any atom is -0.518 e. The van der Waals surface area contributed by atoms with Crippen LogP contribution in [0.4, 0.5) is 43.8 Å². The number of aliphatic hydroxyl groups excluding tert-OH is 2. The van der Waals surface area contributed by atoms with Crippen molar-refractivity contribution in [3.05, 3.63) is 201 Å². The van der Waals surface area contributed by atoms with E-state index < -0.39 is 163 Å². The molecule has 6 N–H and O–H groups in total. The Labute approximate surface area is 589 Å². The summed E-state index contributed by atoms with van der Waals surface area (Å²) in [5, 5.41) is 18.1. The van der Waals surface area contributed by atoms with Crippen molar-refractivity contribution in [2.24, 2.45) is 0 Å². The summed E-state index contributed by atoms with van der Waals surface area (Å²) in [6, 6.07) is 35.6. The number of anilines is 3. The Bertz CT molecular complexity index is 4240. The van der Waals surface area contributed by atoms with Gasteiger partial charge >= 0.3 is 59.0 Å². The summed E-state index contributed by atoms with van der Waals surface area (Å²) < 4.78 is 158.